The summed E-state index contributed by atoms with van der Waals surface area (Å²) in [6.45, 7) is 4.39. The number of carbonyl (C=O) groups is 1. The van der Waals surface area contributed by atoms with Gasteiger partial charge < -0.3 is 14.7 Å². The molecule has 3 aromatic carbocycles. The second-order valence-corrected chi connectivity index (χ2v) is 8.55. The van der Waals surface area contributed by atoms with Crippen molar-refractivity contribution in [3.8, 4) is 16.9 Å². The molecule has 1 amide bonds. The summed E-state index contributed by atoms with van der Waals surface area (Å²) in [5.41, 5.74) is 6.17. The maximum absolute atomic E-state index is 12.8. The van der Waals surface area contributed by atoms with Crippen LogP contribution in [0.1, 0.15) is 22.6 Å². The Bertz CT molecular complexity index is 1040. The molecule has 5 rings (SSSR count). The third-order valence-electron chi connectivity index (χ3n) is 6.62. The van der Waals surface area contributed by atoms with Crippen molar-refractivity contribution in [2.45, 2.75) is 12.3 Å². The summed E-state index contributed by atoms with van der Waals surface area (Å²) in [5, 5.41) is 9.40. The third kappa shape index (κ3) is 4.21. The average Bonchev–Trinajstić information content (AvgIpc) is 3.16. The minimum atomic E-state index is -0.218. The molecule has 5 heteroatoms. The fourth-order valence-corrected chi connectivity index (χ4v) is 4.79. The first-order chi connectivity index (χ1) is 15.7. The van der Waals surface area contributed by atoms with Gasteiger partial charge in [0.05, 0.1) is 0 Å². The Morgan fingerprint density at radius 2 is 1.44 bits per heavy atom. The van der Waals surface area contributed by atoms with Crippen molar-refractivity contribution in [1.29, 1.82) is 0 Å². The highest BCUT2D eigenvalue weighted by Gasteiger charge is 2.30. The number of benzene rings is 3. The summed E-state index contributed by atoms with van der Waals surface area (Å²) in [7, 11) is 0. The molecule has 1 aliphatic heterocycles. The van der Waals surface area contributed by atoms with Gasteiger partial charge in [-0.25, -0.2) is 4.79 Å². The molecule has 3 aromatic rings. The minimum absolute atomic E-state index is 0.0953. The molecule has 32 heavy (non-hydrogen) atoms. The SMILES string of the molecule is O=C(OCC1c2ccccc2-c2ccccc21)N1CCN(CCc2ccc(O)cc2)CC1. The maximum atomic E-state index is 12.8. The Balaban J connectivity index is 1.13. The van der Waals surface area contributed by atoms with Crippen molar-refractivity contribution in [2.75, 3.05) is 39.3 Å². The number of rotatable bonds is 5. The molecule has 164 valence electrons. The van der Waals surface area contributed by atoms with Crippen LogP contribution in [0.15, 0.2) is 72.8 Å². The minimum Gasteiger partial charge on any atom is -0.508 e. The lowest BCUT2D eigenvalue weighted by molar-refractivity contribution is 0.0748. The van der Waals surface area contributed by atoms with Crippen LogP contribution >= 0.6 is 0 Å². The number of amides is 1. The number of hydrogen-bond acceptors (Lipinski definition) is 4. The van der Waals surface area contributed by atoms with Crippen molar-refractivity contribution in [1.82, 2.24) is 9.80 Å². The van der Waals surface area contributed by atoms with Gasteiger partial charge in [0.15, 0.2) is 0 Å². The van der Waals surface area contributed by atoms with Crippen molar-refractivity contribution < 1.29 is 14.6 Å². The molecule has 1 N–H and O–H groups in total. The first-order valence-electron chi connectivity index (χ1n) is 11.3. The largest absolute Gasteiger partial charge is 0.508 e. The molecule has 0 unspecified atom stereocenters. The Morgan fingerprint density at radius 1 is 0.844 bits per heavy atom. The van der Waals surface area contributed by atoms with Gasteiger partial charge in [0.2, 0.25) is 0 Å². The number of phenolic OH excluding ortho intramolecular Hbond substituents is 1. The molecule has 0 bridgehead atoms. The number of carbonyl (C=O) groups excluding carboxylic acids is 1. The lowest BCUT2D eigenvalue weighted by Gasteiger charge is -2.34. The molecule has 2 aliphatic rings. The Hall–Kier alpha value is -3.31. The van der Waals surface area contributed by atoms with Gasteiger partial charge in [-0.15, -0.1) is 0 Å². The summed E-state index contributed by atoms with van der Waals surface area (Å²) in [6, 6.07) is 24.2. The van der Waals surface area contributed by atoms with E-state index in [0.717, 1.165) is 26.1 Å². The van der Waals surface area contributed by atoms with Crippen molar-refractivity contribution >= 4 is 6.09 Å². The number of ether oxygens (including phenoxy) is 1. The van der Waals surface area contributed by atoms with Gasteiger partial charge in [0, 0.05) is 38.6 Å². The number of piperazine rings is 1. The van der Waals surface area contributed by atoms with Crippen LogP contribution in [0.4, 0.5) is 4.79 Å². The topological polar surface area (TPSA) is 53.0 Å². The van der Waals surface area contributed by atoms with Crippen LogP contribution in [0.25, 0.3) is 11.1 Å². The summed E-state index contributed by atoms with van der Waals surface area (Å²) >= 11 is 0. The van der Waals surface area contributed by atoms with Crippen molar-refractivity contribution in [3.63, 3.8) is 0 Å². The molecule has 1 aliphatic carbocycles. The lowest BCUT2D eigenvalue weighted by atomic mass is 9.98. The second-order valence-electron chi connectivity index (χ2n) is 8.55. The molecule has 0 spiro atoms. The molecule has 0 saturated carbocycles. The van der Waals surface area contributed by atoms with Gasteiger partial charge in [-0.05, 0) is 46.4 Å². The smallest absolute Gasteiger partial charge is 0.409 e. The predicted octanol–water partition coefficient (Wildman–Crippen LogP) is 4.50. The van der Waals surface area contributed by atoms with Gasteiger partial charge in [0.1, 0.15) is 12.4 Å². The Morgan fingerprint density at radius 3 is 2.06 bits per heavy atom. The molecule has 5 nitrogen and oxygen atoms in total. The Kier molecular flexibility index (Phi) is 5.82. The normalized spacial score (nSPS) is 15.9. The van der Waals surface area contributed by atoms with E-state index in [4.69, 9.17) is 4.74 Å². The van der Waals surface area contributed by atoms with Crippen molar-refractivity contribution in [3.05, 3.63) is 89.5 Å². The van der Waals surface area contributed by atoms with Crippen LogP contribution in [-0.4, -0.2) is 60.3 Å². The van der Waals surface area contributed by atoms with Gasteiger partial charge in [0.25, 0.3) is 0 Å². The van der Waals surface area contributed by atoms with E-state index in [-0.39, 0.29) is 12.0 Å². The summed E-state index contributed by atoms with van der Waals surface area (Å²) in [4.78, 5) is 17.0. The van der Waals surface area contributed by atoms with E-state index in [9.17, 15) is 9.90 Å². The Labute approximate surface area is 188 Å². The molecule has 1 heterocycles. The highest BCUT2D eigenvalue weighted by Crippen LogP contribution is 2.44. The fourth-order valence-electron chi connectivity index (χ4n) is 4.79. The van der Waals surface area contributed by atoms with Crippen molar-refractivity contribution in [2.24, 2.45) is 0 Å². The van der Waals surface area contributed by atoms with E-state index >= 15 is 0 Å². The van der Waals surface area contributed by atoms with Crippen LogP contribution in [0.5, 0.6) is 5.75 Å². The van der Waals surface area contributed by atoms with Crippen LogP contribution < -0.4 is 0 Å². The molecular weight excluding hydrogens is 400 g/mol. The number of fused-ring (bicyclic) bond motifs is 3. The van der Waals surface area contributed by atoms with Crippen LogP contribution in [-0.2, 0) is 11.2 Å². The van der Waals surface area contributed by atoms with Crippen LogP contribution in [0, 0.1) is 0 Å². The van der Waals surface area contributed by atoms with E-state index in [2.05, 4.69) is 53.4 Å². The van der Waals surface area contributed by atoms with E-state index in [1.807, 2.05) is 17.0 Å². The lowest BCUT2D eigenvalue weighted by Crippen LogP contribution is -2.49. The number of nitrogens with zero attached hydrogens (tertiary/aromatic N) is 2. The summed E-state index contributed by atoms with van der Waals surface area (Å²) in [6.07, 6.45) is 0.718. The molecular formula is C27H28N2O3. The first kappa shape index (κ1) is 20.6. The van der Waals surface area contributed by atoms with Gasteiger partial charge in [-0.1, -0.05) is 60.7 Å². The number of aromatic hydroxyl groups is 1. The highest BCUT2D eigenvalue weighted by atomic mass is 16.6. The third-order valence-corrected chi connectivity index (χ3v) is 6.62. The standard InChI is InChI=1S/C27H28N2O3/c30-21-11-9-20(10-12-21)13-14-28-15-17-29(18-16-28)27(31)32-19-26-24-7-3-1-5-22(24)23-6-2-4-8-25(23)26/h1-12,26,30H,13-19H2. The zero-order valence-electron chi connectivity index (χ0n) is 18.1. The molecule has 0 aromatic heterocycles. The maximum Gasteiger partial charge on any atom is 0.409 e. The van der Waals surface area contributed by atoms with Gasteiger partial charge in [-0.3, -0.25) is 4.90 Å². The van der Waals surface area contributed by atoms with E-state index in [1.54, 1.807) is 12.1 Å². The van der Waals surface area contributed by atoms with E-state index < -0.39 is 0 Å². The molecule has 0 radical (unpaired) electrons. The second kappa shape index (κ2) is 9.05. The van der Waals surface area contributed by atoms with E-state index in [0.29, 0.717) is 25.4 Å². The summed E-state index contributed by atoms with van der Waals surface area (Å²) in [5.74, 6) is 0.392. The average molecular weight is 429 g/mol. The van der Waals surface area contributed by atoms with Gasteiger partial charge >= 0.3 is 6.09 Å². The van der Waals surface area contributed by atoms with Crippen LogP contribution in [0.2, 0.25) is 0 Å². The van der Waals surface area contributed by atoms with E-state index in [1.165, 1.54) is 27.8 Å². The summed E-state index contributed by atoms with van der Waals surface area (Å²) < 4.78 is 5.80. The zero-order valence-corrected chi connectivity index (χ0v) is 18.1. The number of phenols is 1. The molecule has 1 fully saturated rings. The molecule has 0 atom stereocenters. The highest BCUT2D eigenvalue weighted by molar-refractivity contribution is 5.79. The quantitative estimate of drug-likeness (QED) is 0.650. The predicted molar refractivity (Wildman–Crippen MR) is 125 cm³/mol. The first-order valence-corrected chi connectivity index (χ1v) is 11.3. The monoisotopic (exact) mass is 428 g/mol. The fraction of sp³-hybridized carbons (Fsp3) is 0.296. The number of hydrogen-bond donors (Lipinski definition) is 1. The zero-order chi connectivity index (χ0) is 21.9. The van der Waals surface area contributed by atoms with Crippen LogP contribution in [0.3, 0.4) is 0 Å². The molecule has 1 saturated heterocycles. The van der Waals surface area contributed by atoms with Gasteiger partial charge in [-0.2, -0.15) is 0 Å².